The molecule has 0 radical (unpaired) electrons. The Balaban J connectivity index is 2.16. The Morgan fingerprint density at radius 1 is 1.44 bits per heavy atom. The zero-order chi connectivity index (χ0) is 11.6. The van der Waals surface area contributed by atoms with E-state index in [9.17, 15) is 0 Å². The van der Waals surface area contributed by atoms with Crippen molar-refractivity contribution in [1.82, 2.24) is 5.32 Å². The highest BCUT2D eigenvalue weighted by molar-refractivity contribution is 5.49. The van der Waals surface area contributed by atoms with E-state index in [1.54, 1.807) is 0 Å². The Hall–Kier alpha value is -1.02. The second kappa shape index (κ2) is 4.46. The molecular formula is C14H22N2. The fourth-order valence-electron chi connectivity index (χ4n) is 2.33. The van der Waals surface area contributed by atoms with Crippen molar-refractivity contribution >= 4 is 5.69 Å². The highest BCUT2D eigenvalue weighted by Gasteiger charge is 2.28. The number of anilines is 1. The van der Waals surface area contributed by atoms with Gasteiger partial charge >= 0.3 is 0 Å². The van der Waals surface area contributed by atoms with Gasteiger partial charge in [0.15, 0.2) is 0 Å². The maximum atomic E-state index is 3.62. The van der Waals surface area contributed by atoms with Crippen LogP contribution in [0.3, 0.4) is 0 Å². The molecule has 0 saturated carbocycles. The Morgan fingerprint density at radius 2 is 2.25 bits per heavy atom. The third kappa shape index (κ3) is 2.38. The molecule has 1 fully saturated rings. The summed E-state index contributed by atoms with van der Waals surface area (Å²) in [5.41, 5.74) is 2.97. The third-order valence-electron chi connectivity index (χ3n) is 3.62. The van der Waals surface area contributed by atoms with Crippen molar-refractivity contribution in [3.63, 3.8) is 0 Å². The largest absolute Gasteiger partial charge is 0.368 e. The highest BCUT2D eigenvalue weighted by Crippen LogP contribution is 2.22. The molecule has 1 heterocycles. The van der Waals surface area contributed by atoms with E-state index in [4.69, 9.17) is 0 Å². The number of aryl methyl sites for hydroxylation is 1. The molecule has 1 saturated heterocycles. The molecule has 1 aromatic carbocycles. The Bertz CT molecular complexity index is 362. The van der Waals surface area contributed by atoms with Gasteiger partial charge in [0.1, 0.15) is 0 Å². The van der Waals surface area contributed by atoms with E-state index in [0.29, 0.717) is 0 Å². The van der Waals surface area contributed by atoms with Crippen LogP contribution in [0.5, 0.6) is 0 Å². The smallest absolute Gasteiger partial charge is 0.0369 e. The predicted octanol–water partition coefficient (Wildman–Crippen LogP) is 2.57. The molecule has 0 spiro atoms. The van der Waals surface area contributed by atoms with Crippen molar-refractivity contribution in [2.45, 2.75) is 32.7 Å². The number of rotatable bonds is 2. The lowest BCUT2D eigenvalue weighted by atomic mass is 9.95. The van der Waals surface area contributed by atoms with Crippen LogP contribution in [0.2, 0.25) is 0 Å². The molecule has 2 heteroatoms. The lowest BCUT2D eigenvalue weighted by Crippen LogP contribution is -2.58. The Labute approximate surface area is 98.7 Å². The van der Waals surface area contributed by atoms with Gasteiger partial charge in [0.2, 0.25) is 0 Å². The molecule has 0 aliphatic carbocycles. The van der Waals surface area contributed by atoms with Gasteiger partial charge < -0.3 is 10.2 Å². The SMILES string of the molecule is CCC1(C)CN(c2cccc(C)c2)CCN1. The van der Waals surface area contributed by atoms with Gasteiger partial charge in [-0.1, -0.05) is 19.1 Å². The van der Waals surface area contributed by atoms with Gasteiger partial charge in [0.05, 0.1) is 0 Å². The summed E-state index contributed by atoms with van der Waals surface area (Å²) in [6.45, 7) is 10.0. The summed E-state index contributed by atoms with van der Waals surface area (Å²) in [4.78, 5) is 2.49. The third-order valence-corrected chi connectivity index (χ3v) is 3.62. The van der Waals surface area contributed by atoms with Crippen LogP contribution in [0, 0.1) is 6.92 Å². The first-order chi connectivity index (χ1) is 7.63. The van der Waals surface area contributed by atoms with E-state index in [2.05, 4.69) is 55.3 Å². The van der Waals surface area contributed by atoms with Gasteiger partial charge in [0, 0.05) is 30.9 Å². The normalized spacial score (nSPS) is 25.8. The lowest BCUT2D eigenvalue weighted by Gasteiger charge is -2.42. The highest BCUT2D eigenvalue weighted by atomic mass is 15.2. The van der Waals surface area contributed by atoms with E-state index >= 15 is 0 Å². The van der Waals surface area contributed by atoms with Crippen LogP contribution in [0.1, 0.15) is 25.8 Å². The summed E-state index contributed by atoms with van der Waals surface area (Å²) in [6.07, 6.45) is 1.18. The van der Waals surface area contributed by atoms with Gasteiger partial charge in [-0.3, -0.25) is 0 Å². The fraction of sp³-hybridized carbons (Fsp3) is 0.571. The fourth-order valence-corrected chi connectivity index (χ4v) is 2.33. The van der Waals surface area contributed by atoms with Crippen LogP contribution < -0.4 is 10.2 Å². The first kappa shape index (κ1) is 11.5. The second-order valence-electron chi connectivity index (χ2n) is 5.10. The summed E-state index contributed by atoms with van der Waals surface area (Å²) >= 11 is 0. The number of nitrogens with one attached hydrogen (secondary N) is 1. The van der Waals surface area contributed by atoms with Gasteiger partial charge in [0.25, 0.3) is 0 Å². The van der Waals surface area contributed by atoms with Crippen LogP contribution >= 0.6 is 0 Å². The summed E-state index contributed by atoms with van der Waals surface area (Å²) in [5, 5.41) is 3.62. The average Bonchev–Trinajstić information content (AvgIpc) is 2.29. The molecule has 1 aliphatic rings. The van der Waals surface area contributed by atoms with Gasteiger partial charge in [-0.2, -0.15) is 0 Å². The molecule has 2 rings (SSSR count). The van der Waals surface area contributed by atoms with Crippen molar-refractivity contribution in [2.75, 3.05) is 24.5 Å². The maximum absolute atomic E-state index is 3.62. The van der Waals surface area contributed by atoms with E-state index in [0.717, 1.165) is 19.6 Å². The number of nitrogens with zero attached hydrogens (tertiary/aromatic N) is 1. The molecule has 1 aliphatic heterocycles. The minimum absolute atomic E-state index is 0.266. The van der Waals surface area contributed by atoms with Crippen molar-refractivity contribution < 1.29 is 0 Å². The summed E-state index contributed by atoms with van der Waals surface area (Å²) in [7, 11) is 0. The molecule has 0 bridgehead atoms. The molecule has 2 nitrogen and oxygen atoms in total. The monoisotopic (exact) mass is 218 g/mol. The first-order valence-corrected chi connectivity index (χ1v) is 6.20. The quantitative estimate of drug-likeness (QED) is 0.820. The van der Waals surface area contributed by atoms with Gasteiger partial charge in [-0.05, 0) is 38.0 Å². The van der Waals surface area contributed by atoms with Gasteiger partial charge in [-0.15, -0.1) is 0 Å². The Kier molecular flexibility index (Phi) is 3.20. The molecule has 1 N–H and O–H groups in total. The standard InChI is InChI=1S/C14H22N2/c1-4-14(3)11-16(9-8-15-14)13-7-5-6-12(2)10-13/h5-7,10,15H,4,8-9,11H2,1-3H3. The number of hydrogen-bond acceptors (Lipinski definition) is 2. The van der Waals surface area contributed by atoms with Crippen LogP contribution in [-0.4, -0.2) is 25.2 Å². The molecule has 88 valence electrons. The minimum Gasteiger partial charge on any atom is -0.368 e. The van der Waals surface area contributed by atoms with E-state index < -0.39 is 0 Å². The van der Waals surface area contributed by atoms with Crippen LogP contribution in [-0.2, 0) is 0 Å². The maximum Gasteiger partial charge on any atom is 0.0369 e. The average molecular weight is 218 g/mol. The molecule has 1 unspecified atom stereocenters. The number of piperazine rings is 1. The summed E-state index contributed by atoms with van der Waals surface area (Å²) < 4.78 is 0. The lowest BCUT2D eigenvalue weighted by molar-refractivity contribution is 0.314. The minimum atomic E-state index is 0.266. The molecule has 16 heavy (non-hydrogen) atoms. The van der Waals surface area contributed by atoms with Crippen molar-refractivity contribution in [3.8, 4) is 0 Å². The topological polar surface area (TPSA) is 15.3 Å². The Morgan fingerprint density at radius 3 is 2.94 bits per heavy atom. The predicted molar refractivity (Wildman–Crippen MR) is 70.1 cm³/mol. The number of hydrogen-bond donors (Lipinski definition) is 1. The number of benzene rings is 1. The van der Waals surface area contributed by atoms with Crippen LogP contribution in [0.4, 0.5) is 5.69 Å². The van der Waals surface area contributed by atoms with Crippen LogP contribution in [0.25, 0.3) is 0 Å². The van der Waals surface area contributed by atoms with E-state index in [1.165, 1.54) is 17.7 Å². The molecular weight excluding hydrogens is 196 g/mol. The van der Waals surface area contributed by atoms with Gasteiger partial charge in [-0.25, -0.2) is 0 Å². The molecule has 0 amide bonds. The van der Waals surface area contributed by atoms with Crippen molar-refractivity contribution in [1.29, 1.82) is 0 Å². The van der Waals surface area contributed by atoms with Crippen LogP contribution in [0.15, 0.2) is 24.3 Å². The van der Waals surface area contributed by atoms with E-state index in [-0.39, 0.29) is 5.54 Å². The molecule has 1 aromatic rings. The first-order valence-electron chi connectivity index (χ1n) is 6.20. The zero-order valence-electron chi connectivity index (χ0n) is 10.6. The summed E-state index contributed by atoms with van der Waals surface area (Å²) in [6, 6.07) is 8.80. The molecule has 1 atom stereocenters. The summed E-state index contributed by atoms with van der Waals surface area (Å²) in [5.74, 6) is 0. The van der Waals surface area contributed by atoms with Crippen molar-refractivity contribution in [2.24, 2.45) is 0 Å². The van der Waals surface area contributed by atoms with E-state index in [1.807, 2.05) is 0 Å². The molecule has 0 aromatic heterocycles. The second-order valence-corrected chi connectivity index (χ2v) is 5.10. The zero-order valence-corrected chi connectivity index (χ0v) is 10.6. The van der Waals surface area contributed by atoms with Crippen molar-refractivity contribution in [3.05, 3.63) is 29.8 Å².